The zero-order chi connectivity index (χ0) is 22.1. The van der Waals surface area contributed by atoms with E-state index in [0.29, 0.717) is 6.42 Å². The van der Waals surface area contributed by atoms with Crippen LogP contribution in [0.4, 0.5) is 16.2 Å². The minimum Gasteiger partial charge on any atom is -0.449 e. The third-order valence-corrected chi connectivity index (χ3v) is 5.11. The van der Waals surface area contributed by atoms with Crippen molar-refractivity contribution in [2.24, 2.45) is 0 Å². The van der Waals surface area contributed by atoms with E-state index in [9.17, 15) is 4.79 Å². The van der Waals surface area contributed by atoms with E-state index >= 15 is 0 Å². The van der Waals surface area contributed by atoms with Crippen LogP contribution < -0.4 is 20.9 Å². The molecule has 0 saturated carbocycles. The van der Waals surface area contributed by atoms with Crippen LogP contribution in [-0.2, 0) is 17.7 Å². The Labute approximate surface area is 179 Å². The number of nitrogens with one attached hydrogen (secondary N) is 1. The highest BCUT2D eigenvalue weighted by molar-refractivity contribution is 5.86. The van der Waals surface area contributed by atoms with Gasteiger partial charge in [-0.2, -0.15) is 0 Å². The van der Waals surface area contributed by atoms with E-state index in [1.54, 1.807) is 6.08 Å². The predicted octanol–water partition coefficient (Wildman–Crippen LogP) is 3.62. The van der Waals surface area contributed by atoms with E-state index in [4.69, 9.17) is 4.74 Å². The second-order valence-electron chi connectivity index (χ2n) is 6.92. The maximum atomic E-state index is 12.3. The van der Waals surface area contributed by atoms with E-state index in [1.807, 2.05) is 38.1 Å². The van der Waals surface area contributed by atoms with Crippen molar-refractivity contribution >= 4 is 29.6 Å². The van der Waals surface area contributed by atoms with Gasteiger partial charge in [-0.1, -0.05) is 18.7 Å². The average molecular weight is 411 g/mol. The molecule has 6 heteroatoms. The molecule has 0 saturated heterocycles. The van der Waals surface area contributed by atoms with Crippen LogP contribution in [0.15, 0.2) is 30.9 Å². The number of nitrogens with zero attached hydrogens (tertiary/aromatic N) is 3. The molecule has 0 atom stereocenters. The number of aryl methyl sites for hydroxylation is 1. The molecule has 1 aromatic heterocycles. The maximum Gasteiger partial charge on any atom is 0.411 e. The van der Waals surface area contributed by atoms with Crippen LogP contribution in [0.1, 0.15) is 39.1 Å². The molecule has 0 unspecified atom stereocenters. The van der Waals surface area contributed by atoms with Crippen molar-refractivity contribution in [1.29, 1.82) is 0 Å². The fourth-order valence-corrected chi connectivity index (χ4v) is 3.57. The first kappa shape index (κ1) is 23.3. The maximum absolute atomic E-state index is 12.3. The summed E-state index contributed by atoms with van der Waals surface area (Å²) in [6.07, 6.45) is 5.75. The number of anilines is 2. The summed E-state index contributed by atoms with van der Waals surface area (Å²) in [6.45, 7) is 17.0. The molecule has 1 heterocycles. The number of rotatable bonds is 9. The van der Waals surface area contributed by atoms with Gasteiger partial charge in [0.15, 0.2) is 0 Å². The van der Waals surface area contributed by atoms with Gasteiger partial charge in [0.25, 0.3) is 0 Å². The van der Waals surface area contributed by atoms with E-state index in [-0.39, 0.29) is 6.61 Å². The molecular formula is C24H34N4O2. The number of aromatic nitrogens is 2. The lowest BCUT2D eigenvalue weighted by molar-refractivity contribution is 0.162. The first-order valence-electron chi connectivity index (χ1n) is 10.6. The number of benzene rings is 1. The molecule has 0 spiro atoms. The summed E-state index contributed by atoms with van der Waals surface area (Å²) in [6, 6.07) is 6.03. The molecule has 30 heavy (non-hydrogen) atoms. The van der Waals surface area contributed by atoms with Crippen molar-refractivity contribution in [1.82, 2.24) is 9.55 Å². The Morgan fingerprint density at radius 3 is 2.60 bits per heavy atom. The van der Waals surface area contributed by atoms with Crippen LogP contribution in [0.5, 0.6) is 0 Å². The largest absolute Gasteiger partial charge is 0.449 e. The summed E-state index contributed by atoms with van der Waals surface area (Å²) in [5.41, 5.74) is 2.92. The van der Waals surface area contributed by atoms with E-state index < -0.39 is 6.09 Å². The molecule has 6 nitrogen and oxygen atoms in total. The minimum atomic E-state index is -0.455. The van der Waals surface area contributed by atoms with Gasteiger partial charge in [-0.05, 0) is 64.5 Å². The van der Waals surface area contributed by atoms with Gasteiger partial charge in [-0.15, -0.1) is 0 Å². The first-order valence-corrected chi connectivity index (χ1v) is 10.6. The zero-order valence-electron chi connectivity index (χ0n) is 18.9. The number of imidazole rings is 1. The molecular weight excluding hydrogens is 376 g/mol. The smallest absolute Gasteiger partial charge is 0.411 e. The quantitative estimate of drug-likeness (QED) is 0.686. The van der Waals surface area contributed by atoms with E-state index in [2.05, 4.69) is 53.2 Å². The first-order chi connectivity index (χ1) is 14.5. The lowest BCUT2D eigenvalue weighted by Gasteiger charge is -2.22. The number of ether oxygens (including phenoxy) is 1. The molecule has 1 aromatic carbocycles. The summed E-state index contributed by atoms with van der Waals surface area (Å²) in [7, 11) is 0. The van der Waals surface area contributed by atoms with Gasteiger partial charge < -0.3 is 14.2 Å². The highest BCUT2D eigenvalue weighted by Gasteiger charge is 2.10. The van der Waals surface area contributed by atoms with E-state index in [0.717, 1.165) is 53.1 Å². The average Bonchev–Trinajstić information content (AvgIpc) is 3.07. The van der Waals surface area contributed by atoms with Gasteiger partial charge in [-0.25, -0.2) is 9.78 Å². The molecule has 2 rings (SSSR count). The number of amides is 1. The number of hydrogen-bond donors (Lipinski definition) is 1. The second-order valence-corrected chi connectivity index (χ2v) is 6.92. The third kappa shape index (κ3) is 5.53. The Morgan fingerprint density at radius 2 is 2.03 bits per heavy atom. The molecule has 1 amide bonds. The topological polar surface area (TPSA) is 59.4 Å². The van der Waals surface area contributed by atoms with Crippen LogP contribution in [0.2, 0.25) is 0 Å². The Hall–Kier alpha value is -3.02. The zero-order valence-corrected chi connectivity index (χ0v) is 18.9. The number of hydrogen-bond acceptors (Lipinski definition) is 4. The van der Waals surface area contributed by atoms with Crippen LogP contribution in [0, 0.1) is 6.92 Å². The van der Waals surface area contributed by atoms with Gasteiger partial charge in [0.05, 0.1) is 10.7 Å². The third-order valence-electron chi connectivity index (χ3n) is 5.11. The van der Waals surface area contributed by atoms with Gasteiger partial charge in [0.2, 0.25) is 0 Å². The molecule has 2 aromatic rings. The fraction of sp³-hybridized carbons (Fsp3) is 0.417. The van der Waals surface area contributed by atoms with Gasteiger partial charge in [-0.3, -0.25) is 5.32 Å². The molecule has 0 aliphatic heterocycles. The molecule has 0 bridgehead atoms. The van der Waals surface area contributed by atoms with Crippen molar-refractivity contribution in [3.8, 4) is 0 Å². The van der Waals surface area contributed by atoms with Crippen LogP contribution >= 0.6 is 0 Å². The van der Waals surface area contributed by atoms with Crippen molar-refractivity contribution in [2.75, 3.05) is 29.9 Å². The minimum absolute atomic E-state index is 0.260. The second kappa shape index (κ2) is 11.2. The molecule has 1 N–H and O–H groups in total. The number of carbonyl (C=O) groups is 1. The Balaban J connectivity index is 2.01. The van der Waals surface area contributed by atoms with Gasteiger partial charge in [0.1, 0.15) is 12.4 Å². The highest BCUT2D eigenvalue weighted by atomic mass is 16.5. The van der Waals surface area contributed by atoms with Crippen molar-refractivity contribution < 1.29 is 9.53 Å². The summed E-state index contributed by atoms with van der Waals surface area (Å²) >= 11 is 0. The van der Waals surface area contributed by atoms with Crippen LogP contribution in [0.3, 0.4) is 0 Å². The van der Waals surface area contributed by atoms with Crippen molar-refractivity contribution in [3.63, 3.8) is 0 Å². The van der Waals surface area contributed by atoms with Gasteiger partial charge in [0, 0.05) is 37.4 Å². The number of carbonyl (C=O) groups excluding carboxylic acids is 1. The Morgan fingerprint density at radius 1 is 1.30 bits per heavy atom. The lowest BCUT2D eigenvalue weighted by Crippen LogP contribution is -2.29. The molecule has 0 fully saturated rings. The predicted molar refractivity (Wildman–Crippen MR) is 125 cm³/mol. The van der Waals surface area contributed by atoms with Crippen molar-refractivity contribution in [3.05, 3.63) is 52.9 Å². The Bertz CT molecular complexity index is 987. The summed E-state index contributed by atoms with van der Waals surface area (Å²) in [5.74, 6) is 0.895. The van der Waals surface area contributed by atoms with E-state index in [1.165, 1.54) is 0 Å². The SMILES string of the molecule is C=C/C=c1/nc(CCOC(=O)Nc2ccc(N(CC)CC)cc2C)n(CC)/c1=C/C. The molecule has 0 aliphatic rings. The van der Waals surface area contributed by atoms with Crippen LogP contribution in [-0.4, -0.2) is 35.3 Å². The monoisotopic (exact) mass is 410 g/mol. The summed E-state index contributed by atoms with van der Waals surface area (Å²) < 4.78 is 7.54. The lowest BCUT2D eigenvalue weighted by atomic mass is 10.1. The van der Waals surface area contributed by atoms with Gasteiger partial charge >= 0.3 is 6.09 Å². The normalized spacial score (nSPS) is 12.2. The Kier molecular flexibility index (Phi) is 8.71. The molecule has 0 radical (unpaired) electrons. The fourth-order valence-electron chi connectivity index (χ4n) is 3.57. The standard InChI is InChI=1S/C24H34N4O2/c1-7-12-21-22(8-2)28(11-5)23(25-21)15-16-30-24(29)26-20-14-13-19(17-18(20)6)27(9-3)10-4/h7-8,12-14,17H,1,9-11,15-16H2,2-6H3,(H,26,29)/b21-12+,22-8+. The highest BCUT2D eigenvalue weighted by Crippen LogP contribution is 2.22. The number of allylic oxidation sites excluding steroid dienone is 1. The molecule has 0 aliphatic carbocycles. The van der Waals surface area contributed by atoms with Crippen molar-refractivity contribution in [2.45, 2.75) is 47.6 Å². The van der Waals surface area contributed by atoms with Crippen LogP contribution in [0.25, 0.3) is 12.2 Å². The molecule has 162 valence electrons. The summed E-state index contributed by atoms with van der Waals surface area (Å²) in [4.78, 5) is 19.2. The summed E-state index contributed by atoms with van der Waals surface area (Å²) in [5, 5.41) is 4.79.